The molecule has 0 aliphatic rings. The summed E-state index contributed by atoms with van der Waals surface area (Å²) in [6, 6.07) is 5.08. The smallest absolute Gasteiger partial charge is 0.137 e. The zero-order valence-electron chi connectivity index (χ0n) is 9.35. The van der Waals surface area contributed by atoms with Gasteiger partial charge in [-0.3, -0.25) is 0 Å². The van der Waals surface area contributed by atoms with Crippen molar-refractivity contribution >= 4 is 15.9 Å². The first-order chi connectivity index (χ1) is 6.82. The maximum atomic E-state index is 13.2. The van der Waals surface area contributed by atoms with Gasteiger partial charge < -0.3 is 5.73 Å². The summed E-state index contributed by atoms with van der Waals surface area (Å²) in [5.74, 6) is -0.228. The van der Waals surface area contributed by atoms with E-state index >= 15 is 0 Å². The van der Waals surface area contributed by atoms with E-state index in [1.165, 1.54) is 6.07 Å². The van der Waals surface area contributed by atoms with Crippen molar-refractivity contribution in [3.63, 3.8) is 0 Å². The number of halogens is 2. The van der Waals surface area contributed by atoms with Gasteiger partial charge >= 0.3 is 0 Å². The van der Waals surface area contributed by atoms with Gasteiger partial charge in [0.05, 0.1) is 4.47 Å². The van der Waals surface area contributed by atoms with Crippen LogP contribution in [0.3, 0.4) is 0 Å². The molecule has 0 aromatic heterocycles. The van der Waals surface area contributed by atoms with E-state index in [0.29, 0.717) is 10.9 Å². The summed E-state index contributed by atoms with van der Waals surface area (Å²) >= 11 is 3.24. The molecule has 0 aliphatic heterocycles. The van der Waals surface area contributed by atoms with Crippen molar-refractivity contribution in [1.82, 2.24) is 0 Å². The molecule has 0 saturated heterocycles. The first-order valence-electron chi connectivity index (χ1n) is 5.01. The Labute approximate surface area is 99.0 Å². The molecule has 2 N–H and O–H groups in total. The van der Waals surface area contributed by atoms with Gasteiger partial charge in [-0.25, -0.2) is 4.39 Å². The highest BCUT2D eigenvalue weighted by atomic mass is 79.9. The minimum atomic E-state index is -0.228. The van der Waals surface area contributed by atoms with E-state index in [-0.39, 0.29) is 17.3 Å². The molecule has 0 amide bonds. The molecule has 0 spiro atoms. The summed E-state index contributed by atoms with van der Waals surface area (Å²) in [5.41, 5.74) is 7.02. The Morgan fingerprint density at radius 2 is 2.00 bits per heavy atom. The molecule has 1 nitrogen and oxygen atoms in total. The lowest BCUT2D eigenvalue weighted by molar-refractivity contribution is 0.318. The second-order valence-electron chi connectivity index (χ2n) is 4.89. The minimum Gasteiger partial charge on any atom is -0.327 e. The number of rotatable bonds is 2. The van der Waals surface area contributed by atoms with Crippen LogP contribution in [0.2, 0.25) is 0 Å². The van der Waals surface area contributed by atoms with Crippen LogP contribution in [0.15, 0.2) is 22.7 Å². The van der Waals surface area contributed by atoms with Crippen LogP contribution in [-0.4, -0.2) is 6.04 Å². The fourth-order valence-corrected chi connectivity index (χ4v) is 1.68. The van der Waals surface area contributed by atoms with Gasteiger partial charge in [-0.05, 0) is 39.4 Å². The third-order valence-corrected chi connectivity index (χ3v) is 3.47. The van der Waals surface area contributed by atoms with Crippen molar-refractivity contribution in [2.24, 2.45) is 11.1 Å². The molecule has 15 heavy (non-hydrogen) atoms. The molecule has 0 fully saturated rings. The molecule has 0 aliphatic carbocycles. The van der Waals surface area contributed by atoms with Crippen molar-refractivity contribution in [3.05, 3.63) is 34.1 Å². The summed E-state index contributed by atoms with van der Waals surface area (Å²) in [4.78, 5) is 0. The molecule has 1 aromatic carbocycles. The number of hydrogen-bond acceptors (Lipinski definition) is 1. The lowest BCUT2D eigenvalue weighted by Crippen LogP contribution is -2.37. The summed E-state index contributed by atoms with van der Waals surface area (Å²) in [6.45, 7) is 6.26. The summed E-state index contributed by atoms with van der Waals surface area (Å²) in [6.07, 6.45) is 0.682. The van der Waals surface area contributed by atoms with Crippen LogP contribution in [0.1, 0.15) is 26.3 Å². The fourth-order valence-electron chi connectivity index (χ4n) is 1.25. The van der Waals surface area contributed by atoms with Gasteiger partial charge in [0, 0.05) is 6.04 Å². The Hall–Kier alpha value is -0.410. The van der Waals surface area contributed by atoms with Crippen LogP contribution in [0, 0.1) is 11.2 Å². The van der Waals surface area contributed by atoms with Crippen LogP contribution in [0.4, 0.5) is 4.39 Å². The van der Waals surface area contributed by atoms with Crippen LogP contribution in [0.25, 0.3) is 0 Å². The van der Waals surface area contributed by atoms with Crippen molar-refractivity contribution in [2.45, 2.75) is 33.2 Å². The van der Waals surface area contributed by atoms with Crippen molar-refractivity contribution in [2.75, 3.05) is 0 Å². The number of hydrogen-bond donors (Lipinski definition) is 1. The van der Waals surface area contributed by atoms with E-state index in [1.54, 1.807) is 6.07 Å². The van der Waals surface area contributed by atoms with Crippen LogP contribution >= 0.6 is 15.9 Å². The highest BCUT2D eigenvalue weighted by molar-refractivity contribution is 9.10. The molecule has 0 heterocycles. The van der Waals surface area contributed by atoms with Crippen molar-refractivity contribution < 1.29 is 4.39 Å². The molecule has 1 atom stereocenters. The largest absolute Gasteiger partial charge is 0.327 e. The van der Waals surface area contributed by atoms with Gasteiger partial charge in [0.15, 0.2) is 0 Å². The van der Waals surface area contributed by atoms with Gasteiger partial charge in [-0.15, -0.1) is 0 Å². The van der Waals surface area contributed by atoms with E-state index in [4.69, 9.17) is 5.73 Å². The SMILES string of the molecule is CC(C)(C)C(N)Cc1cccc(F)c1Br. The molecule has 3 heteroatoms. The first kappa shape index (κ1) is 12.7. The zero-order chi connectivity index (χ0) is 11.6. The lowest BCUT2D eigenvalue weighted by atomic mass is 9.84. The summed E-state index contributed by atoms with van der Waals surface area (Å²) in [5, 5.41) is 0. The Bertz CT molecular complexity index is 344. The minimum absolute atomic E-state index is 0.0237. The van der Waals surface area contributed by atoms with Gasteiger partial charge in [-0.1, -0.05) is 32.9 Å². The van der Waals surface area contributed by atoms with Gasteiger partial charge in [-0.2, -0.15) is 0 Å². The van der Waals surface area contributed by atoms with E-state index < -0.39 is 0 Å². The van der Waals surface area contributed by atoms with Gasteiger partial charge in [0.2, 0.25) is 0 Å². The third kappa shape index (κ3) is 3.28. The Kier molecular flexibility index (Phi) is 3.90. The molecule has 1 unspecified atom stereocenters. The molecular formula is C12H17BrFN. The van der Waals surface area contributed by atoms with Gasteiger partial charge in [0.1, 0.15) is 5.82 Å². The van der Waals surface area contributed by atoms with E-state index in [9.17, 15) is 4.39 Å². The fraction of sp³-hybridized carbons (Fsp3) is 0.500. The molecule has 84 valence electrons. The van der Waals surface area contributed by atoms with Crippen LogP contribution in [0.5, 0.6) is 0 Å². The number of benzene rings is 1. The molecule has 1 aromatic rings. The average Bonchev–Trinajstić information content (AvgIpc) is 2.11. The average molecular weight is 274 g/mol. The third-order valence-electron chi connectivity index (χ3n) is 2.58. The summed E-state index contributed by atoms with van der Waals surface area (Å²) < 4.78 is 13.8. The maximum Gasteiger partial charge on any atom is 0.137 e. The predicted octanol–water partition coefficient (Wildman–Crippen LogP) is 3.50. The highest BCUT2D eigenvalue weighted by Gasteiger charge is 2.21. The Balaban J connectivity index is 2.86. The van der Waals surface area contributed by atoms with Crippen molar-refractivity contribution in [3.8, 4) is 0 Å². The van der Waals surface area contributed by atoms with Crippen LogP contribution < -0.4 is 5.73 Å². The van der Waals surface area contributed by atoms with Crippen molar-refractivity contribution in [1.29, 1.82) is 0 Å². The second kappa shape index (κ2) is 4.62. The predicted molar refractivity (Wildman–Crippen MR) is 65.2 cm³/mol. The van der Waals surface area contributed by atoms with E-state index in [1.807, 2.05) is 6.07 Å². The summed E-state index contributed by atoms with van der Waals surface area (Å²) in [7, 11) is 0. The molecular weight excluding hydrogens is 257 g/mol. The topological polar surface area (TPSA) is 26.0 Å². The van der Waals surface area contributed by atoms with Crippen LogP contribution in [-0.2, 0) is 6.42 Å². The Morgan fingerprint density at radius 3 is 2.53 bits per heavy atom. The maximum absolute atomic E-state index is 13.2. The van der Waals surface area contributed by atoms with E-state index in [2.05, 4.69) is 36.7 Å². The monoisotopic (exact) mass is 273 g/mol. The Morgan fingerprint density at radius 1 is 1.40 bits per heavy atom. The molecule has 0 bridgehead atoms. The first-order valence-corrected chi connectivity index (χ1v) is 5.80. The molecule has 1 rings (SSSR count). The molecule has 0 radical (unpaired) electrons. The van der Waals surface area contributed by atoms with Gasteiger partial charge in [0.25, 0.3) is 0 Å². The lowest BCUT2D eigenvalue weighted by Gasteiger charge is -2.27. The molecule has 0 saturated carbocycles. The highest BCUT2D eigenvalue weighted by Crippen LogP contribution is 2.26. The quantitative estimate of drug-likeness (QED) is 0.877. The van der Waals surface area contributed by atoms with E-state index in [0.717, 1.165) is 5.56 Å². The number of nitrogens with two attached hydrogens (primary N) is 1. The standard InChI is InChI=1S/C12H17BrFN/c1-12(2,3)10(15)7-8-5-4-6-9(14)11(8)13/h4-6,10H,7,15H2,1-3H3. The second-order valence-corrected chi connectivity index (χ2v) is 5.68. The normalized spacial score (nSPS) is 14.0. The zero-order valence-corrected chi connectivity index (χ0v) is 10.9.